The summed E-state index contributed by atoms with van der Waals surface area (Å²) in [6.45, 7) is 2.15. The summed E-state index contributed by atoms with van der Waals surface area (Å²) < 4.78 is 0. The Hall–Kier alpha value is -1.44. The van der Waals surface area contributed by atoms with Crippen LogP contribution in [0.25, 0.3) is 0 Å². The lowest BCUT2D eigenvalue weighted by molar-refractivity contribution is 0.421. The molecule has 0 bridgehead atoms. The smallest absolute Gasteiger partial charge is 0.109 e. The summed E-state index contributed by atoms with van der Waals surface area (Å²) in [6, 6.07) is 10.9. The van der Waals surface area contributed by atoms with Crippen LogP contribution in [0.15, 0.2) is 40.3 Å². The van der Waals surface area contributed by atoms with Crippen molar-refractivity contribution in [1.82, 2.24) is 0 Å². The Morgan fingerprint density at radius 3 is 2.62 bits per heavy atom. The molecule has 1 saturated carbocycles. The van der Waals surface area contributed by atoms with Gasteiger partial charge in [0.05, 0.1) is 6.04 Å². The van der Waals surface area contributed by atoms with E-state index in [1.807, 2.05) is 12.3 Å². The van der Waals surface area contributed by atoms with Crippen LogP contribution < -0.4 is 0 Å². The van der Waals surface area contributed by atoms with E-state index in [0.717, 1.165) is 0 Å². The standard InChI is InChI=1S/C14H18N2/c1-12(13-6-3-2-4-7-13)10-15-11-16-14-8-5-9-14/h2-4,6-7,10-12,14H,5,8-9H2,1H3. The highest BCUT2D eigenvalue weighted by molar-refractivity contribution is 5.77. The Kier molecular flexibility index (Phi) is 3.86. The molecule has 1 fully saturated rings. The highest BCUT2D eigenvalue weighted by Gasteiger charge is 2.14. The van der Waals surface area contributed by atoms with Crippen molar-refractivity contribution in [3.8, 4) is 0 Å². The van der Waals surface area contributed by atoms with Crippen LogP contribution in [0.3, 0.4) is 0 Å². The largest absolute Gasteiger partial charge is 0.270 e. The summed E-state index contributed by atoms with van der Waals surface area (Å²) in [5, 5.41) is 0. The Bertz CT molecular complexity index is 364. The van der Waals surface area contributed by atoms with E-state index in [-0.39, 0.29) is 0 Å². The fourth-order valence-corrected chi connectivity index (χ4v) is 1.68. The van der Waals surface area contributed by atoms with E-state index in [0.29, 0.717) is 12.0 Å². The van der Waals surface area contributed by atoms with E-state index < -0.39 is 0 Å². The minimum Gasteiger partial charge on any atom is -0.270 e. The summed E-state index contributed by atoms with van der Waals surface area (Å²) in [5.41, 5.74) is 1.29. The molecule has 1 aliphatic carbocycles. The van der Waals surface area contributed by atoms with E-state index in [4.69, 9.17) is 0 Å². The van der Waals surface area contributed by atoms with Crippen LogP contribution in [0.2, 0.25) is 0 Å². The number of rotatable bonds is 4. The van der Waals surface area contributed by atoms with Crippen LogP contribution in [0.5, 0.6) is 0 Å². The molecule has 0 heterocycles. The monoisotopic (exact) mass is 214 g/mol. The van der Waals surface area contributed by atoms with Gasteiger partial charge in [0.2, 0.25) is 0 Å². The highest BCUT2D eigenvalue weighted by atomic mass is 14.9. The predicted molar refractivity (Wildman–Crippen MR) is 69.5 cm³/mol. The number of aliphatic imine (C=N–C) groups is 2. The van der Waals surface area contributed by atoms with E-state index in [1.54, 1.807) is 6.34 Å². The Labute approximate surface area is 97.1 Å². The molecular weight excluding hydrogens is 196 g/mol. The third-order valence-corrected chi connectivity index (χ3v) is 3.05. The van der Waals surface area contributed by atoms with E-state index >= 15 is 0 Å². The van der Waals surface area contributed by atoms with Crippen LogP contribution in [0, 0.1) is 0 Å². The summed E-state index contributed by atoms with van der Waals surface area (Å²) >= 11 is 0. The SMILES string of the molecule is CC(C=NC=NC1CCC1)c1ccccc1. The second-order valence-corrected chi connectivity index (χ2v) is 4.35. The first-order chi connectivity index (χ1) is 7.86. The minimum absolute atomic E-state index is 0.356. The molecule has 1 aliphatic rings. The van der Waals surface area contributed by atoms with Gasteiger partial charge < -0.3 is 0 Å². The molecule has 0 spiro atoms. The first-order valence-corrected chi connectivity index (χ1v) is 5.96. The molecule has 1 aromatic carbocycles. The fraction of sp³-hybridized carbons (Fsp3) is 0.429. The van der Waals surface area contributed by atoms with Gasteiger partial charge in [-0.1, -0.05) is 37.3 Å². The highest BCUT2D eigenvalue weighted by Crippen LogP contribution is 2.21. The molecule has 0 amide bonds. The zero-order valence-electron chi connectivity index (χ0n) is 9.71. The van der Waals surface area contributed by atoms with Crippen LogP contribution in [-0.2, 0) is 0 Å². The molecule has 1 unspecified atom stereocenters. The lowest BCUT2D eigenvalue weighted by Crippen LogP contribution is -2.14. The van der Waals surface area contributed by atoms with Crippen molar-refractivity contribution in [1.29, 1.82) is 0 Å². The minimum atomic E-state index is 0.356. The van der Waals surface area contributed by atoms with Crippen LogP contribution in [0.1, 0.15) is 37.7 Å². The van der Waals surface area contributed by atoms with Crippen molar-refractivity contribution in [3.63, 3.8) is 0 Å². The third kappa shape index (κ3) is 3.02. The van der Waals surface area contributed by atoms with Gasteiger partial charge in [-0.3, -0.25) is 4.99 Å². The Morgan fingerprint density at radius 1 is 1.25 bits per heavy atom. The summed E-state index contributed by atoms with van der Waals surface area (Å²) in [4.78, 5) is 8.62. The van der Waals surface area contributed by atoms with Gasteiger partial charge in [0.1, 0.15) is 6.34 Å². The maximum Gasteiger partial charge on any atom is 0.109 e. The zero-order valence-corrected chi connectivity index (χ0v) is 9.71. The molecule has 1 aromatic rings. The molecule has 84 valence electrons. The molecule has 0 N–H and O–H groups in total. The molecular formula is C14H18N2. The number of hydrogen-bond acceptors (Lipinski definition) is 1. The van der Waals surface area contributed by atoms with Gasteiger partial charge in [0.25, 0.3) is 0 Å². The lowest BCUT2D eigenvalue weighted by atomic mass is 9.94. The van der Waals surface area contributed by atoms with Crippen molar-refractivity contribution >= 4 is 12.6 Å². The zero-order chi connectivity index (χ0) is 11.2. The number of hydrogen-bond donors (Lipinski definition) is 0. The summed E-state index contributed by atoms with van der Waals surface area (Å²) in [6.07, 6.45) is 7.47. The van der Waals surface area contributed by atoms with Crippen molar-refractivity contribution < 1.29 is 0 Å². The van der Waals surface area contributed by atoms with Gasteiger partial charge in [0.15, 0.2) is 0 Å². The van der Waals surface area contributed by atoms with Crippen molar-refractivity contribution in [2.45, 2.75) is 38.1 Å². The maximum atomic E-state index is 4.37. The first-order valence-electron chi connectivity index (χ1n) is 5.96. The summed E-state index contributed by atoms with van der Waals surface area (Å²) in [5.74, 6) is 0.356. The van der Waals surface area contributed by atoms with E-state index in [2.05, 4.69) is 41.2 Å². The quantitative estimate of drug-likeness (QED) is 0.542. The lowest BCUT2D eigenvalue weighted by Gasteiger charge is -2.19. The van der Waals surface area contributed by atoms with Crippen molar-refractivity contribution in [3.05, 3.63) is 35.9 Å². The van der Waals surface area contributed by atoms with Gasteiger partial charge in [0, 0.05) is 12.1 Å². The normalized spacial score (nSPS) is 19.1. The van der Waals surface area contributed by atoms with E-state index in [1.165, 1.54) is 24.8 Å². The van der Waals surface area contributed by atoms with Gasteiger partial charge >= 0.3 is 0 Å². The predicted octanol–water partition coefficient (Wildman–Crippen LogP) is 3.44. The number of benzene rings is 1. The molecule has 2 rings (SSSR count). The van der Waals surface area contributed by atoms with Crippen LogP contribution in [-0.4, -0.2) is 18.6 Å². The topological polar surface area (TPSA) is 24.7 Å². The maximum absolute atomic E-state index is 4.37. The fourth-order valence-electron chi connectivity index (χ4n) is 1.68. The van der Waals surface area contributed by atoms with Crippen molar-refractivity contribution in [2.75, 3.05) is 0 Å². The van der Waals surface area contributed by atoms with Crippen LogP contribution >= 0.6 is 0 Å². The molecule has 0 aliphatic heterocycles. The van der Waals surface area contributed by atoms with Crippen molar-refractivity contribution in [2.24, 2.45) is 9.98 Å². The van der Waals surface area contributed by atoms with Crippen LogP contribution in [0.4, 0.5) is 0 Å². The molecule has 16 heavy (non-hydrogen) atoms. The molecule has 0 saturated heterocycles. The molecule has 0 aromatic heterocycles. The van der Waals surface area contributed by atoms with Gasteiger partial charge in [-0.15, -0.1) is 0 Å². The molecule has 2 heteroatoms. The molecule has 1 atom stereocenters. The third-order valence-electron chi connectivity index (χ3n) is 3.05. The second-order valence-electron chi connectivity index (χ2n) is 4.35. The Balaban J connectivity index is 1.84. The average molecular weight is 214 g/mol. The Morgan fingerprint density at radius 2 is 2.00 bits per heavy atom. The molecule has 2 nitrogen and oxygen atoms in total. The first kappa shape index (κ1) is 11.1. The molecule has 0 radical (unpaired) electrons. The summed E-state index contributed by atoms with van der Waals surface area (Å²) in [7, 11) is 0. The second kappa shape index (κ2) is 5.59. The number of nitrogens with zero attached hydrogens (tertiary/aromatic N) is 2. The van der Waals surface area contributed by atoms with Gasteiger partial charge in [-0.2, -0.15) is 0 Å². The van der Waals surface area contributed by atoms with Gasteiger partial charge in [-0.25, -0.2) is 4.99 Å². The van der Waals surface area contributed by atoms with Gasteiger partial charge in [-0.05, 0) is 24.8 Å². The average Bonchev–Trinajstić information content (AvgIpc) is 2.27. The van der Waals surface area contributed by atoms with E-state index in [9.17, 15) is 0 Å².